The second kappa shape index (κ2) is 3.87. The number of thiophene rings is 1. The molecule has 0 saturated heterocycles. The van der Waals surface area contributed by atoms with E-state index in [4.69, 9.17) is 4.55 Å². The van der Waals surface area contributed by atoms with Crippen molar-refractivity contribution in [2.45, 2.75) is 4.90 Å². The smallest absolute Gasteiger partial charge is 0.292 e. The molecule has 0 spiro atoms. The van der Waals surface area contributed by atoms with Crippen LogP contribution in [0.3, 0.4) is 0 Å². The van der Waals surface area contributed by atoms with Crippen LogP contribution >= 0.6 is 27.3 Å². The van der Waals surface area contributed by atoms with Crippen LogP contribution in [-0.2, 0) is 10.1 Å². The monoisotopic (exact) mass is 284 g/mol. The molecule has 72 valence electrons. The summed E-state index contributed by atoms with van der Waals surface area (Å²) in [6.45, 7) is 0. The fraction of sp³-hybridized carbons (Fsp3) is 0.167. The maximum absolute atomic E-state index is 11.0. The summed E-state index contributed by atoms with van der Waals surface area (Å²) >= 11 is 3.95. The van der Waals surface area contributed by atoms with Crippen LogP contribution in [0.4, 0.5) is 0 Å². The second-order valence-corrected chi connectivity index (χ2v) is 5.07. The molecule has 0 aliphatic carbocycles. The molecule has 0 aliphatic rings. The predicted octanol–water partition coefficient (Wildman–Crippen LogP) is 1.57. The molecule has 0 aliphatic heterocycles. The van der Waals surface area contributed by atoms with Crippen molar-refractivity contribution in [1.82, 2.24) is 0 Å². The van der Waals surface area contributed by atoms with Gasteiger partial charge in [-0.1, -0.05) is 15.9 Å². The number of alkyl halides is 1. The molecule has 1 aromatic heterocycles. The minimum atomic E-state index is -4.18. The van der Waals surface area contributed by atoms with E-state index in [1.807, 2.05) is 0 Å². The first-order valence-electron chi connectivity index (χ1n) is 3.10. The van der Waals surface area contributed by atoms with E-state index in [0.717, 1.165) is 17.4 Å². The van der Waals surface area contributed by atoms with Crippen molar-refractivity contribution in [3.05, 3.63) is 16.3 Å². The molecule has 1 N–H and O–H groups in total. The van der Waals surface area contributed by atoms with Crippen LogP contribution in [0.2, 0.25) is 0 Å². The molecule has 1 aromatic rings. The summed E-state index contributed by atoms with van der Waals surface area (Å²) in [4.78, 5) is 11.1. The SMILES string of the molecule is O=C(CBr)c1cc(S(=O)(=O)O)cs1. The summed E-state index contributed by atoms with van der Waals surface area (Å²) in [5.74, 6) is -0.208. The van der Waals surface area contributed by atoms with E-state index in [2.05, 4.69) is 15.9 Å². The molecule has 0 fully saturated rings. The van der Waals surface area contributed by atoms with E-state index in [-0.39, 0.29) is 16.0 Å². The number of carbonyl (C=O) groups excluding carboxylic acids is 1. The van der Waals surface area contributed by atoms with Crippen molar-refractivity contribution in [3.8, 4) is 0 Å². The molecule has 1 rings (SSSR count). The minimum Gasteiger partial charge on any atom is -0.292 e. The Bertz CT molecular complexity index is 420. The first-order valence-corrected chi connectivity index (χ1v) is 6.54. The second-order valence-electron chi connectivity index (χ2n) is 2.18. The molecule has 0 atom stereocenters. The van der Waals surface area contributed by atoms with Crippen LogP contribution in [0.5, 0.6) is 0 Å². The van der Waals surface area contributed by atoms with Crippen LogP contribution in [-0.4, -0.2) is 24.1 Å². The average Bonchev–Trinajstić information content (AvgIpc) is 2.50. The van der Waals surface area contributed by atoms with Crippen LogP contribution in [0.1, 0.15) is 9.67 Å². The highest BCUT2D eigenvalue weighted by molar-refractivity contribution is 9.09. The molecule has 0 saturated carbocycles. The Morgan fingerprint density at radius 1 is 1.62 bits per heavy atom. The Labute approximate surface area is 87.5 Å². The maximum Gasteiger partial charge on any atom is 0.295 e. The molecule has 0 amide bonds. The maximum atomic E-state index is 11.0. The van der Waals surface area contributed by atoms with Gasteiger partial charge in [-0.05, 0) is 6.07 Å². The Morgan fingerprint density at radius 2 is 2.23 bits per heavy atom. The Hall–Kier alpha value is -0.240. The predicted molar refractivity (Wildman–Crippen MR) is 52.3 cm³/mol. The third-order valence-corrected chi connectivity index (χ3v) is 3.73. The molecule has 0 radical (unpaired) electrons. The zero-order valence-electron chi connectivity index (χ0n) is 6.23. The van der Waals surface area contributed by atoms with Gasteiger partial charge in [-0.25, -0.2) is 0 Å². The van der Waals surface area contributed by atoms with Gasteiger partial charge in [0, 0.05) is 5.38 Å². The lowest BCUT2D eigenvalue weighted by molar-refractivity contribution is 0.102. The van der Waals surface area contributed by atoms with Gasteiger partial charge in [-0.15, -0.1) is 11.3 Å². The molecule has 0 unspecified atom stereocenters. The molecule has 0 bridgehead atoms. The zero-order valence-corrected chi connectivity index (χ0v) is 9.45. The topological polar surface area (TPSA) is 71.4 Å². The van der Waals surface area contributed by atoms with Gasteiger partial charge in [0.15, 0.2) is 5.78 Å². The zero-order chi connectivity index (χ0) is 10.1. The van der Waals surface area contributed by atoms with E-state index >= 15 is 0 Å². The van der Waals surface area contributed by atoms with Crippen LogP contribution in [0.25, 0.3) is 0 Å². The summed E-state index contributed by atoms with van der Waals surface area (Å²) in [6.07, 6.45) is 0. The summed E-state index contributed by atoms with van der Waals surface area (Å²) < 4.78 is 29.8. The molecule has 7 heteroatoms. The molecule has 13 heavy (non-hydrogen) atoms. The van der Waals surface area contributed by atoms with Gasteiger partial charge in [0.2, 0.25) is 0 Å². The Morgan fingerprint density at radius 3 is 2.62 bits per heavy atom. The normalized spacial score (nSPS) is 11.5. The lowest BCUT2D eigenvalue weighted by Crippen LogP contribution is -1.98. The Balaban J connectivity index is 3.07. The summed E-state index contributed by atoms with van der Waals surface area (Å²) in [6, 6.07) is 1.16. The fourth-order valence-corrected chi connectivity index (χ4v) is 2.84. The van der Waals surface area contributed by atoms with Gasteiger partial charge in [-0.3, -0.25) is 9.35 Å². The molecule has 0 aromatic carbocycles. The number of hydrogen-bond donors (Lipinski definition) is 1. The van der Waals surface area contributed by atoms with Crippen molar-refractivity contribution in [3.63, 3.8) is 0 Å². The highest BCUT2D eigenvalue weighted by Gasteiger charge is 2.15. The van der Waals surface area contributed by atoms with Gasteiger partial charge in [0.1, 0.15) is 4.90 Å². The van der Waals surface area contributed by atoms with Crippen molar-refractivity contribution in [2.24, 2.45) is 0 Å². The van der Waals surface area contributed by atoms with Crippen LogP contribution in [0.15, 0.2) is 16.3 Å². The number of Topliss-reactive ketones (excluding diaryl/α,β-unsaturated/α-hetero) is 1. The van der Waals surface area contributed by atoms with Crippen LogP contribution < -0.4 is 0 Å². The number of halogens is 1. The van der Waals surface area contributed by atoms with E-state index in [1.165, 1.54) is 5.38 Å². The Kier molecular flexibility index (Phi) is 3.23. The van der Waals surface area contributed by atoms with Gasteiger partial charge in [0.05, 0.1) is 10.2 Å². The first-order chi connectivity index (χ1) is 5.95. The summed E-state index contributed by atoms with van der Waals surface area (Å²) in [7, 11) is -4.18. The lowest BCUT2D eigenvalue weighted by Gasteiger charge is -1.88. The summed E-state index contributed by atoms with van der Waals surface area (Å²) in [5.41, 5.74) is 0. The summed E-state index contributed by atoms with van der Waals surface area (Å²) in [5, 5.41) is 1.36. The van der Waals surface area contributed by atoms with Crippen molar-refractivity contribution < 1.29 is 17.8 Å². The minimum absolute atomic E-state index is 0.137. The molecule has 4 nitrogen and oxygen atoms in total. The van der Waals surface area contributed by atoms with Crippen molar-refractivity contribution >= 4 is 43.2 Å². The number of hydrogen-bond acceptors (Lipinski definition) is 4. The van der Waals surface area contributed by atoms with E-state index in [9.17, 15) is 13.2 Å². The average molecular weight is 285 g/mol. The van der Waals surface area contributed by atoms with Gasteiger partial charge >= 0.3 is 0 Å². The number of rotatable bonds is 3. The third-order valence-electron chi connectivity index (χ3n) is 1.27. The van der Waals surface area contributed by atoms with E-state index < -0.39 is 10.1 Å². The van der Waals surface area contributed by atoms with Crippen molar-refractivity contribution in [2.75, 3.05) is 5.33 Å². The molecular weight excluding hydrogens is 280 g/mol. The third kappa shape index (κ3) is 2.60. The van der Waals surface area contributed by atoms with Gasteiger partial charge < -0.3 is 0 Å². The largest absolute Gasteiger partial charge is 0.295 e. The highest BCUT2D eigenvalue weighted by Crippen LogP contribution is 2.19. The standard InChI is InChI=1S/C6H5BrO4S2/c7-2-5(8)6-1-4(3-12-6)13(9,10)11/h1,3H,2H2,(H,9,10,11). The van der Waals surface area contributed by atoms with E-state index in [0.29, 0.717) is 4.88 Å². The van der Waals surface area contributed by atoms with Gasteiger partial charge in [-0.2, -0.15) is 8.42 Å². The number of carbonyl (C=O) groups is 1. The number of ketones is 1. The highest BCUT2D eigenvalue weighted by atomic mass is 79.9. The quantitative estimate of drug-likeness (QED) is 0.520. The molecule has 1 heterocycles. The molecular formula is C6H5BrO4S2. The van der Waals surface area contributed by atoms with Crippen LogP contribution in [0, 0.1) is 0 Å². The van der Waals surface area contributed by atoms with Gasteiger partial charge in [0.25, 0.3) is 10.1 Å². The fourth-order valence-electron chi connectivity index (χ4n) is 0.666. The lowest BCUT2D eigenvalue weighted by atomic mass is 10.4. The first kappa shape index (κ1) is 10.8. The van der Waals surface area contributed by atoms with E-state index in [1.54, 1.807) is 0 Å². The van der Waals surface area contributed by atoms with Crippen molar-refractivity contribution in [1.29, 1.82) is 0 Å².